The summed E-state index contributed by atoms with van der Waals surface area (Å²) in [6.07, 6.45) is 3.47. The number of hydrogen-bond acceptors (Lipinski definition) is 4. The van der Waals surface area contributed by atoms with Crippen LogP contribution in [0, 0.1) is 11.3 Å². The fourth-order valence-electron chi connectivity index (χ4n) is 1.59. The predicted octanol–water partition coefficient (Wildman–Crippen LogP) is 3.17. The van der Waals surface area contributed by atoms with E-state index in [1.807, 2.05) is 25.1 Å². The van der Waals surface area contributed by atoms with Gasteiger partial charge in [0.2, 0.25) is 0 Å². The molecule has 0 fully saturated rings. The smallest absolute Gasteiger partial charge is 0.132 e. The fraction of sp³-hybridized carbons (Fsp3) is 0.154. The van der Waals surface area contributed by atoms with E-state index in [1.54, 1.807) is 18.5 Å². The third kappa shape index (κ3) is 2.96. The average Bonchev–Trinajstić information content (AvgIpc) is 2.39. The van der Waals surface area contributed by atoms with Gasteiger partial charge in [-0.15, -0.1) is 0 Å². The van der Waals surface area contributed by atoms with Gasteiger partial charge in [0.05, 0.1) is 17.7 Å². The molecule has 0 saturated heterocycles. The number of nitriles is 1. The second-order valence-electron chi connectivity index (χ2n) is 3.82. The second-order valence-corrected chi connectivity index (χ2v) is 4.21. The van der Waals surface area contributed by atoms with E-state index in [0.29, 0.717) is 16.5 Å². The van der Waals surface area contributed by atoms with E-state index in [9.17, 15) is 0 Å². The number of anilines is 1. The Labute approximate surface area is 110 Å². The summed E-state index contributed by atoms with van der Waals surface area (Å²) < 4.78 is 0. The molecule has 5 heteroatoms. The predicted molar refractivity (Wildman–Crippen MR) is 70.2 cm³/mol. The first-order chi connectivity index (χ1) is 8.69. The summed E-state index contributed by atoms with van der Waals surface area (Å²) in [5.41, 5.74) is 1.57. The molecular formula is C13H11ClN4. The van der Waals surface area contributed by atoms with Gasteiger partial charge in [-0.2, -0.15) is 5.26 Å². The summed E-state index contributed by atoms with van der Waals surface area (Å²) in [5.74, 6) is 0.586. The van der Waals surface area contributed by atoms with E-state index < -0.39 is 0 Å². The molecule has 1 unspecified atom stereocenters. The van der Waals surface area contributed by atoms with Crippen LogP contribution < -0.4 is 5.32 Å². The zero-order valence-corrected chi connectivity index (χ0v) is 10.5. The third-order valence-corrected chi connectivity index (χ3v) is 2.69. The van der Waals surface area contributed by atoms with Crippen molar-refractivity contribution >= 4 is 17.4 Å². The van der Waals surface area contributed by atoms with Crippen molar-refractivity contribution in [1.29, 1.82) is 5.26 Å². The Balaban J connectivity index is 2.20. The van der Waals surface area contributed by atoms with Crippen LogP contribution in [0.15, 0.2) is 36.7 Å². The molecule has 0 aromatic carbocycles. The Kier molecular flexibility index (Phi) is 3.75. The zero-order valence-electron chi connectivity index (χ0n) is 9.76. The minimum atomic E-state index is 0.0607. The Morgan fingerprint density at radius 2 is 2.06 bits per heavy atom. The molecule has 1 N–H and O–H groups in total. The Hall–Kier alpha value is -2.12. The van der Waals surface area contributed by atoms with Crippen LogP contribution in [0.3, 0.4) is 0 Å². The molecule has 4 nitrogen and oxygen atoms in total. The lowest BCUT2D eigenvalue weighted by Gasteiger charge is -2.14. The highest BCUT2D eigenvalue weighted by atomic mass is 35.5. The number of halogens is 1. The third-order valence-electron chi connectivity index (χ3n) is 2.49. The van der Waals surface area contributed by atoms with Gasteiger partial charge in [0, 0.05) is 12.4 Å². The van der Waals surface area contributed by atoms with Crippen molar-refractivity contribution in [2.24, 2.45) is 0 Å². The molecule has 0 bridgehead atoms. The Bertz CT molecular complexity index is 577. The Morgan fingerprint density at radius 3 is 2.72 bits per heavy atom. The fourth-order valence-corrected chi connectivity index (χ4v) is 1.80. The first kappa shape index (κ1) is 12.3. The zero-order chi connectivity index (χ0) is 13.0. The number of nitrogens with one attached hydrogen (secondary N) is 1. The molecule has 0 saturated carbocycles. The molecule has 0 aliphatic rings. The van der Waals surface area contributed by atoms with E-state index in [-0.39, 0.29) is 6.04 Å². The van der Waals surface area contributed by atoms with Crippen molar-refractivity contribution in [1.82, 2.24) is 9.97 Å². The molecule has 2 aromatic rings. The number of nitrogens with zero attached hydrogens (tertiary/aromatic N) is 3. The molecule has 0 amide bonds. The molecule has 18 heavy (non-hydrogen) atoms. The maximum atomic E-state index is 8.87. The first-order valence-electron chi connectivity index (χ1n) is 5.43. The standard InChI is InChI=1S/C13H11ClN4/c1-9(11-2-4-16-5-3-11)17-13-7-10(8-15)6-12(14)18-13/h2-7,9H,1H3,(H,17,18). The van der Waals surface area contributed by atoms with Gasteiger partial charge in [-0.25, -0.2) is 4.98 Å². The van der Waals surface area contributed by atoms with Gasteiger partial charge in [-0.1, -0.05) is 11.6 Å². The SMILES string of the molecule is CC(Nc1cc(C#N)cc(Cl)n1)c1ccncc1. The van der Waals surface area contributed by atoms with E-state index in [2.05, 4.69) is 15.3 Å². The molecule has 1 atom stereocenters. The highest BCUT2D eigenvalue weighted by Gasteiger charge is 2.07. The normalized spacial score (nSPS) is 11.6. The molecule has 0 radical (unpaired) electrons. The van der Waals surface area contributed by atoms with Crippen molar-refractivity contribution in [2.45, 2.75) is 13.0 Å². The molecule has 0 aliphatic heterocycles. The van der Waals surface area contributed by atoms with Crippen LogP contribution >= 0.6 is 11.6 Å². The average molecular weight is 259 g/mol. The van der Waals surface area contributed by atoms with Crippen LogP contribution in [0.5, 0.6) is 0 Å². The topological polar surface area (TPSA) is 61.6 Å². The van der Waals surface area contributed by atoms with E-state index in [1.165, 1.54) is 6.07 Å². The minimum Gasteiger partial charge on any atom is -0.363 e. The lowest BCUT2D eigenvalue weighted by Crippen LogP contribution is -2.08. The van der Waals surface area contributed by atoms with Crippen molar-refractivity contribution in [2.75, 3.05) is 5.32 Å². The number of aromatic nitrogens is 2. The lowest BCUT2D eigenvalue weighted by atomic mass is 10.1. The van der Waals surface area contributed by atoms with Crippen LogP contribution in [-0.4, -0.2) is 9.97 Å². The monoisotopic (exact) mass is 258 g/mol. The van der Waals surface area contributed by atoms with Gasteiger partial charge in [0.1, 0.15) is 11.0 Å². The maximum Gasteiger partial charge on any atom is 0.132 e. The maximum absolute atomic E-state index is 8.87. The van der Waals surface area contributed by atoms with Crippen molar-refractivity contribution in [3.05, 3.63) is 52.9 Å². The van der Waals surface area contributed by atoms with Gasteiger partial charge in [0.15, 0.2) is 0 Å². The summed E-state index contributed by atoms with van der Waals surface area (Å²) in [6.45, 7) is 2.00. The first-order valence-corrected chi connectivity index (χ1v) is 5.81. The van der Waals surface area contributed by atoms with Gasteiger partial charge < -0.3 is 5.32 Å². The molecule has 0 spiro atoms. The number of pyridine rings is 2. The van der Waals surface area contributed by atoms with E-state index in [4.69, 9.17) is 16.9 Å². The van der Waals surface area contributed by atoms with Gasteiger partial charge >= 0.3 is 0 Å². The van der Waals surface area contributed by atoms with Gasteiger partial charge in [-0.05, 0) is 36.8 Å². The molecular weight excluding hydrogens is 248 g/mol. The molecule has 2 aromatic heterocycles. The second kappa shape index (κ2) is 5.48. The van der Waals surface area contributed by atoms with Crippen molar-refractivity contribution < 1.29 is 0 Å². The van der Waals surface area contributed by atoms with Crippen LogP contribution in [0.4, 0.5) is 5.82 Å². The molecule has 0 aliphatic carbocycles. The van der Waals surface area contributed by atoms with E-state index >= 15 is 0 Å². The summed E-state index contributed by atoms with van der Waals surface area (Å²) in [6, 6.07) is 9.16. The van der Waals surface area contributed by atoms with Gasteiger partial charge in [0.25, 0.3) is 0 Å². The quantitative estimate of drug-likeness (QED) is 0.859. The van der Waals surface area contributed by atoms with Gasteiger partial charge in [-0.3, -0.25) is 4.98 Å². The molecule has 2 heterocycles. The van der Waals surface area contributed by atoms with Crippen molar-refractivity contribution in [3.63, 3.8) is 0 Å². The van der Waals surface area contributed by atoms with Crippen LogP contribution in [0.2, 0.25) is 5.15 Å². The summed E-state index contributed by atoms with van der Waals surface area (Å²) in [4.78, 5) is 8.10. The highest BCUT2D eigenvalue weighted by molar-refractivity contribution is 6.29. The lowest BCUT2D eigenvalue weighted by molar-refractivity contribution is 0.871. The summed E-state index contributed by atoms with van der Waals surface area (Å²) >= 11 is 5.85. The largest absolute Gasteiger partial charge is 0.363 e. The molecule has 2 rings (SSSR count). The van der Waals surface area contributed by atoms with Crippen LogP contribution in [0.1, 0.15) is 24.1 Å². The minimum absolute atomic E-state index is 0.0607. The Morgan fingerprint density at radius 1 is 1.33 bits per heavy atom. The summed E-state index contributed by atoms with van der Waals surface area (Å²) in [5, 5.41) is 12.4. The number of hydrogen-bond donors (Lipinski definition) is 1. The van der Waals surface area contributed by atoms with Crippen LogP contribution in [0.25, 0.3) is 0 Å². The highest BCUT2D eigenvalue weighted by Crippen LogP contribution is 2.20. The molecule has 90 valence electrons. The number of rotatable bonds is 3. The summed E-state index contributed by atoms with van der Waals surface area (Å²) in [7, 11) is 0. The van der Waals surface area contributed by atoms with E-state index in [0.717, 1.165) is 5.56 Å². The van der Waals surface area contributed by atoms with Crippen LogP contribution in [-0.2, 0) is 0 Å². The van der Waals surface area contributed by atoms with Crippen molar-refractivity contribution in [3.8, 4) is 6.07 Å².